The Bertz CT molecular complexity index is 604. The Morgan fingerprint density at radius 2 is 2.12 bits per heavy atom. The first kappa shape index (κ1) is 18.4. The second-order valence-electron chi connectivity index (χ2n) is 6.81. The molecule has 132 valence electrons. The van der Waals surface area contributed by atoms with E-state index in [2.05, 4.69) is 16.0 Å². The summed E-state index contributed by atoms with van der Waals surface area (Å²) in [7, 11) is 0. The first-order valence-corrected chi connectivity index (χ1v) is 8.50. The van der Waals surface area contributed by atoms with E-state index < -0.39 is 5.82 Å². The van der Waals surface area contributed by atoms with Gasteiger partial charge in [0.1, 0.15) is 5.82 Å². The van der Waals surface area contributed by atoms with Crippen molar-refractivity contribution in [2.45, 2.75) is 52.1 Å². The SMILES string of the molecule is CC(C)CC(=O)Nc1ccc(C(=O)NC2CCCNC2C)cc1F. The molecule has 5 nitrogen and oxygen atoms in total. The number of hydrogen-bond donors (Lipinski definition) is 3. The molecule has 24 heavy (non-hydrogen) atoms. The van der Waals surface area contributed by atoms with Crippen LogP contribution in [-0.4, -0.2) is 30.4 Å². The molecule has 2 rings (SSSR count). The van der Waals surface area contributed by atoms with E-state index in [0.29, 0.717) is 6.42 Å². The monoisotopic (exact) mass is 335 g/mol. The molecule has 0 aromatic heterocycles. The zero-order chi connectivity index (χ0) is 17.7. The molecule has 0 saturated carbocycles. The van der Waals surface area contributed by atoms with Gasteiger partial charge in [0.05, 0.1) is 5.69 Å². The van der Waals surface area contributed by atoms with Crippen LogP contribution in [0.1, 0.15) is 50.4 Å². The normalized spacial score (nSPS) is 20.7. The van der Waals surface area contributed by atoms with Crippen molar-refractivity contribution in [3.8, 4) is 0 Å². The fourth-order valence-corrected chi connectivity index (χ4v) is 2.82. The summed E-state index contributed by atoms with van der Waals surface area (Å²) in [6, 6.07) is 4.37. The van der Waals surface area contributed by atoms with Gasteiger partial charge in [-0.1, -0.05) is 13.8 Å². The summed E-state index contributed by atoms with van der Waals surface area (Å²) in [4.78, 5) is 24.0. The highest BCUT2D eigenvalue weighted by Gasteiger charge is 2.23. The fourth-order valence-electron chi connectivity index (χ4n) is 2.82. The van der Waals surface area contributed by atoms with Crippen LogP contribution in [0.15, 0.2) is 18.2 Å². The molecule has 0 aliphatic carbocycles. The maximum atomic E-state index is 14.2. The van der Waals surface area contributed by atoms with E-state index in [-0.39, 0.29) is 41.1 Å². The van der Waals surface area contributed by atoms with Gasteiger partial charge in [-0.15, -0.1) is 0 Å². The van der Waals surface area contributed by atoms with Crippen LogP contribution in [0.2, 0.25) is 0 Å². The van der Waals surface area contributed by atoms with Crippen LogP contribution in [0.25, 0.3) is 0 Å². The van der Waals surface area contributed by atoms with E-state index in [0.717, 1.165) is 19.4 Å². The van der Waals surface area contributed by atoms with Gasteiger partial charge in [0.2, 0.25) is 5.91 Å². The van der Waals surface area contributed by atoms with Gasteiger partial charge in [-0.25, -0.2) is 4.39 Å². The van der Waals surface area contributed by atoms with Crippen LogP contribution in [0, 0.1) is 11.7 Å². The fraction of sp³-hybridized carbons (Fsp3) is 0.556. The average Bonchev–Trinajstić information content (AvgIpc) is 2.50. The first-order valence-electron chi connectivity index (χ1n) is 8.50. The quantitative estimate of drug-likeness (QED) is 0.775. The van der Waals surface area contributed by atoms with Crippen molar-refractivity contribution in [3.05, 3.63) is 29.6 Å². The van der Waals surface area contributed by atoms with Gasteiger partial charge in [-0.05, 0) is 50.4 Å². The summed E-state index contributed by atoms with van der Waals surface area (Å²) in [6.07, 6.45) is 2.24. The molecule has 3 N–H and O–H groups in total. The highest BCUT2D eigenvalue weighted by molar-refractivity contribution is 5.96. The molecule has 0 spiro atoms. The van der Waals surface area contributed by atoms with Crippen molar-refractivity contribution < 1.29 is 14.0 Å². The van der Waals surface area contributed by atoms with Gasteiger partial charge >= 0.3 is 0 Å². The predicted octanol–water partition coefficient (Wildman–Crippen LogP) is 2.68. The number of nitrogens with one attached hydrogen (secondary N) is 3. The number of benzene rings is 1. The summed E-state index contributed by atoms with van der Waals surface area (Å²) in [5, 5.41) is 8.79. The summed E-state index contributed by atoms with van der Waals surface area (Å²) in [5.74, 6) is -0.934. The van der Waals surface area contributed by atoms with Gasteiger partial charge < -0.3 is 16.0 Å². The summed E-state index contributed by atoms with van der Waals surface area (Å²) in [6.45, 7) is 6.82. The van der Waals surface area contributed by atoms with Gasteiger partial charge in [-0.2, -0.15) is 0 Å². The average molecular weight is 335 g/mol. The smallest absolute Gasteiger partial charge is 0.251 e. The highest BCUT2D eigenvalue weighted by Crippen LogP contribution is 2.17. The second kappa shape index (κ2) is 8.24. The van der Waals surface area contributed by atoms with Gasteiger partial charge in [0.25, 0.3) is 5.91 Å². The third-order valence-electron chi connectivity index (χ3n) is 4.18. The van der Waals surface area contributed by atoms with Crippen molar-refractivity contribution in [2.24, 2.45) is 5.92 Å². The van der Waals surface area contributed by atoms with Crippen LogP contribution in [-0.2, 0) is 4.79 Å². The molecule has 1 saturated heterocycles. The standard InChI is InChI=1S/C18H26FN3O2/c1-11(2)9-17(23)21-16-7-6-13(10-14(16)19)18(24)22-15-5-4-8-20-12(15)3/h6-7,10-12,15,20H,4-5,8-9H2,1-3H3,(H,21,23)(H,22,24). The van der Waals surface area contributed by atoms with Crippen LogP contribution in [0.5, 0.6) is 0 Å². The van der Waals surface area contributed by atoms with E-state index in [1.807, 2.05) is 20.8 Å². The van der Waals surface area contributed by atoms with Gasteiger partial charge in [-0.3, -0.25) is 9.59 Å². The van der Waals surface area contributed by atoms with Crippen molar-refractivity contribution >= 4 is 17.5 Å². The minimum atomic E-state index is -0.602. The Kier molecular flexibility index (Phi) is 6.31. The number of anilines is 1. The van der Waals surface area contributed by atoms with Crippen molar-refractivity contribution in [1.29, 1.82) is 0 Å². The van der Waals surface area contributed by atoms with Crippen molar-refractivity contribution in [3.63, 3.8) is 0 Å². The van der Waals surface area contributed by atoms with Crippen molar-refractivity contribution in [2.75, 3.05) is 11.9 Å². The topological polar surface area (TPSA) is 70.2 Å². The zero-order valence-electron chi connectivity index (χ0n) is 14.5. The number of carbonyl (C=O) groups excluding carboxylic acids is 2. The Morgan fingerprint density at radius 3 is 2.75 bits per heavy atom. The Labute approximate surface area is 142 Å². The highest BCUT2D eigenvalue weighted by atomic mass is 19.1. The molecule has 1 aliphatic heterocycles. The summed E-state index contributed by atoms with van der Waals surface area (Å²) in [5.41, 5.74) is 0.358. The van der Waals surface area contributed by atoms with Crippen LogP contribution >= 0.6 is 0 Å². The van der Waals surface area contributed by atoms with Gasteiger partial charge in [0, 0.05) is 24.1 Å². The summed E-state index contributed by atoms with van der Waals surface area (Å²) < 4.78 is 14.2. The zero-order valence-corrected chi connectivity index (χ0v) is 14.5. The van der Waals surface area contributed by atoms with E-state index in [1.165, 1.54) is 18.2 Å². The maximum Gasteiger partial charge on any atom is 0.251 e. The number of piperidine rings is 1. The molecule has 2 unspecified atom stereocenters. The van der Waals surface area contributed by atoms with E-state index in [9.17, 15) is 14.0 Å². The lowest BCUT2D eigenvalue weighted by Crippen LogP contribution is -2.51. The lowest BCUT2D eigenvalue weighted by Gasteiger charge is -2.30. The molecule has 1 aromatic rings. The molecule has 6 heteroatoms. The molecule has 1 aromatic carbocycles. The summed E-state index contributed by atoms with van der Waals surface area (Å²) >= 11 is 0. The Morgan fingerprint density at radius 1 is 1.38 bits per heavy atom. The molecule has 2 amide bonds. The largest absolute Gasteiger partial charge is 0.348 e. The number of amides is 2. The predicted molar refractivity (Wildman–Crippen MR) is 92.4 cm³/mol. The molecule has 1 heterocycles. The number of carbonyl (C=O) groups is 2. The molecule has 1 aliphatic rings. The Hall–Kier alpha value is -1.95. The number of rotatable bonds is 5. The molecule has 0 bridgehead atoms. The molecular formula is C18H26FN3O2. The Balaban J connectivity index is 2.00. The third-order valence-corrected chi connectivity index (χ3v) is 4.18. The van der Waals surface area contributed by atoms with Crippen LogP contribution in [0.4, 0.5) is 10.1 Å². The van der Waals surface area contributed by atoms with E-state index in [4.69, 9.17) is 0 Å². The minimum absolute atomic E-state index is 0.0414. The minimum Gasteiger partial charge on any atom is -0.348 e. The van der Waals surface area contributed by atoms with E-state index in [1.54, 1.807) is 0 Å². The second-order valence-corrected chi connectivity index (χ2v) is 6.81. The maximum absolute atomic E-state index is 14.2. The molecule has 0 radical (unpaired) electrons. The molecule has 2 atom stereocenters. The number of hydrogen-bond acceptors (Lipinski definition) is 3. The third kappa shape index (κ3) is 5.03. The molecular weight excluding hydrogens is 309 g/mol. The van der Waals surface area contributed by atoms with Crippen molar-refractivity contribution in [1.82, 2.24) is 10.6 Å². The van der Waals surface area contributed by atoms with Crippen LogP contribution < -0.4 is 16.0 Å². The first-order chi connectivity index (χ1) is 11.4. The van der Waals surface area contributed by atoms with Gasteiger partial charge in [0.15, 0.2) is 0 Å². The van der Waals surface area contributed by atoms with E-state index >= 15 is 0 Å². The van der Waals surface area contributed by atoms with Crippen LogP contribution in [0.3, 0.4) is 0 Å². The lowest BCUT2D eigenvalue weighted by molar-refractivity contribution is -0.116. The lowest BCUT2D eigenvalue weighted by atomic mass is 9.99. The molecule has 1 fully saturated rings. The number of halogens is 1.